The van der Waals surface area contributed by atoms with Crippen LogP contribution >= 0.6 is 0 Å². The minimum Gasteiger partial charge on any atom is -0.460 e. The molecule has 0 bridgehead atoms. The van der Waals surface area contributed by atoms with Crippen LogP contribution in [0.2, 0.25) is 0 Å². The highest BCUT2D eigenvalue weighted by Gasteiger charge is 2.31. The maximum atomic E-state index is 12.6. The second kappa shape index (κ2) is 6.02. The van der Waals surface area contributed by atoms with E-state index in [0.717, 1.165) is 12.1 Å². The van der Waals surface area contributed by atoms with Crippen LogP contribution in [0.25, 0.3) is 0 Å². The van der Waals surface area contributed by atoms with Crippen molar-refractivity contribution in [3.63, 3.8) is 0 Å². The Hall–Kier alpha value is -2.25. The number of anilines is 1. The summed E-state index contributed by atoms with van der Waals surface area (Å²) in [5.41, 5.74) is 1.83. The highest BCUT2D eigenvalue weighted by molar-refractivity contribution is 6.35. The molecular weight excluding hydrogens is 287 g/mol. The Morgan fingerprint density at radius 1 is 1.43 bits per heavy atom. The molecule has 1 fully saturated rings. The van der Waals surface area contributed by atoms with Gasteiger partial charge in [-0.25, -0.2) is 4.79 Å². The molecule has 8 heteroatoms. The van der Waals surface area contributed by atoms with Crippen molar-refractivity contribution in [3.8, 4) is 0 Å². The maximum absolute atomic E-state index is 12.6. The van der Waals surface area contributed by atoms with E-state index < -0.39 is 17.7 Å². The van der Waals surface area contributed by atoms with Crippen molar-refractivity contribution < 1.29 is 22.7 Å². The number of amidine groups is 1. The van der Waals surface area contributed by atoms with Gasteiger partial charge >= 0.3 is 12.1 Å². The van der Waals surface area contributed by atoms with E-state index in [0.29, 0.717) is 13.1 Å². The molecule has 0 saturated carbocycles. The van der Waals surface area contributed by atoms with Gasteiger partial charge in [-0.3, -0.25) is 5.43 Å². The highest BCUT2D eigenvalue weighted by Crippen LogP contribution is 2.30. The van der Waals surface area contributed by atoms with Crippen LogP contribution in [0.1, 0.15) is 12.5 Å². The first-order valence-electron chi connectivity index (χ1n) is 6.35. The molecule has 0 aromatic heterocycles. The second-order valence-corrected chi connectivity index (χ2v) is 4.33. The normalized spacial score (nSPS) is 14.9. The van der Waals surface area contributed by atoms with Crippen LogP contribution in [-0.4, -0.2) is 36.4 Å². The molecule has 1 aliphatic heterocycles. The molecule has 1 heterocycles. The van der Waals surface area contributed by atoms with Gasteiger partial charge in [0.1, 0.15) is 0 Å². The minimum absolute atomic E-state index is 0.0641. The van der Waals surface area contributed by atoms with Crippen LogP contribution in [0.15, 0.2) is 29.4 Å². The van der Waals surface area contributed by atoms with E-state index in [2.05, 4.69) is 10.5 Å². The van der Waals surface area contributed by atoms with E-state index in [-0.39, 0.29) is 18.1 Å². The SMILES string of the molecule is CCOC(=O)/C(=N\Nc1cccc(C(F)(F)F)c1)N1CC1. The third kappa shape index (κ3) is 4.11. The molecule has 1 saturated heterocycles. The average Bonchev–Trinajstić information content (AvgIpc) is 3.23. The first kappa shape index (κ1) is 15.1. The largest absolute Gasteiger partial charge is 0.460 e. The number of nitrogens with zero attached hydrogens (tertiary/aromatic N) is 2. The smallest absolute Gasteiger partial charge is 0.416 e. The van der Waals surface area contributed by atoms with Crippen LogP contribution in [0, 0.1) is 0 Å². The van der Waals surface area contributed by atoms with Crippen molar-refractivity contribution in [1.82, 2.24) is 4.90 Å². The van der Waals surface area contributed by atoms with Crippen molar-refractivity contribution in [2.45, 2.75) is 13.1 Å². The number of esters is 1. The number of hydrogen-bond acceptors (Lipinski definition) is 4. The van der Waals surface area contributed by atoms with Crippen molar-refractivity contribution in [3.05, 3.63) is 29.8 Å². The van der Waals surface area contributed by atoms with Gasteiger partial charge in [-0.1, -0.05) is 6.07 Å². The van der Waals surface area contributed by atoms with Gasteiger partial charge < -0.3 is 9.64 Å². The third-order valence-corrected chi connectivity index (χ3v) is 2.69. The molecule has 0 radical (unpaired) electrons. The lowest BCUT2D eigenvalue weighted by Gasteiger charge is -2.10. The predicted octanol–water partition coefficient (Wildman–Crippen LogP) is 2.31. The zero-order valence-electron chi connectivity index (χ0n) is 11.3. The fourth-order valence-corrected chi connectivity index (χ4v) is 1.59. The average molecular weight is 301 g/mol. The zero-order valence-corrected chi connectivity index (χ0v) is 11.3. The van der Waals surface area contributed by atoms with E-state index in [1.54, 1.807) is 11.8 Å². The van der Waals surface area contributed by atoms with Gasteiger partial charge in [-0.05, 0) is 25.1 Å². The van der Waals surface area contributed by atoms with E-state index in [4.69, 9.17) is 4.74 Å². The van der Waals surface area contributed by atoms with Crippen molar-refractivity contribution >= 4 is 17.5 Å². The molecule has 1 aromatic carbocycles. The quantitative estimate of drug-likeness (QED) is 0.306. The molecular formula is C13H14F3N3O2. The standard InChI is InChI=1S/C13H14F3N3O2/c1-2-21-12(20)11(19-6-7-19)18-17-10-5-3-4-9(8-10)13(14,15)16/h3-5,8,17H,2,6-7H2,1H3/b18-11+. The first-order chi connectivity index (χ1) is 9.91. The van der Waals surface area contributed by atoms with E-state index in [1.807, 2.05) is 0 Å². The maximum Gasteiger partial charge on any atom is 0.416 e. The summed E-state index contributed by atoms with van der Waals surface area (Å²) in [6.45, 7) is 3.21. The highest BCUT2D eigenvalue weighted by atomic mass is 19.4. The Bertz CT molecular complexity index is 554. The molecule has 21 heavy (non-hydrogen) atoms. The topological polar surface area (TPSA) is 53.7 Å². The summed E-state index contributed by atoms with van der Waals surface area (Å²) in [6.07, 6.45) is -4.43. The Labute approximate surface area is 119 Å². The molecule has 0 amide bonds. The molecule has 114 valence electrons. The number of rotatable bonds is 3. The summed E-state index contributed by atoms with van der Waals surface area (Å²) in [7, 11) is 0. The van der Waals surface area contributed by atoms with Crippen LogP contribution in [0.5, 0.6) is 0 Å². The molecule has 1 aliphatic rings. The Balaban J connectivity index is 2.13. The Morgan fingerprint density at radius 3 is 2.71 bits per heavy atom. The monoisotopic (exact) mass is 301 g/mol. The van der Waals surface area contributed by atoms with Gasteiger partial charge in [0, 0.05) is 13.1 Å². The number of hydrazone groups is 1. The van der Waals surface area contributed by atoms with Crippen molar-refractivity contribution in [2.75, 3.05) is 25.1 Å². The Morgan fingerprint density at radius 2 is 2.14 bits per heavy atom. The van der Waals surface area contributed by atoms with Gasteiger partial charge in [-0.15, -0.1) is 5.10 Å². The van der Waals surface area contributed by atoms with Crippen LogP contribution in [-0.2, 0) is 15.7 Å². The molecule has 0 aliphatic carbocycles. The van der Waals surface area contributed by atoms with Gasteiger partial charge in [0.25, 0.3) is 0 Å². The van der Waals surface area contributed by atoms with Crippen LogP contribution in [0.4, 0.5) is 18.9 Å². The Kier molecular flexibility index (Phi) is 4.35. The van der Waals surface area contributed by atoms with Crippen molar-refractivity contribution in [1.29, 1.82) is 0 Å². The lowest BCUT2D eigenvalue weighted by Crippen LogP contribution is -2.26. The van der Waals surface area contributed by atoms with Gasteiger partial charge in [0.05, 0.1) is 17.9 Å². The van der Waals surface area contributed by atoms with E-state index in [9.17, 15) is 18.0 Å². The lowest BCUT2D eigenvalue weighted by atomic mass is 10.2. The van der Waals surface area contributed by atoms with Gasteiger partial charge in [0.15, 0.2) is 0 Å². The number of hydrogen-bond donors (Lipinski definition) is 1. The number of halogens is 3. The summed E-state index contributed by atoms with van der Waals surface area (Å²) in [5.74, 6) is -0.538. The van der Waals surface area contributed by atoms with Crippen LogP contribution < -0.4 is 5.43 Å². The molecule has 2 rings (SSSR count). The molecule has 0 atom stereocenters. The number of carbonyl (C=O) groups excluding carboxylic acids is 1. The van der Waals surface area contributed by atoms with Gasteiger partial charge in [0.2, 0.25) is 5.84 Å². The number of benzene rings is 1. The lowest BCUT2D eigenvalue weighted by molar-refractivity contribution is -0.137. The number of ether oxygens (including phenoxy) is 1. The minimum atomic E-state index is -4.43. The number of carbonyl (C=O) groups is 1. The molecule has 0 spiro atoms. The summed E-state index contributed by atoms with van der Waals surface area (Å²) >= 11 is 0. The zero-order chi connectivity index (χ0) is 15.5. The molecule has 0 unspecified atom stereocenters. The molecule has 1 aromatic rings. The summed E-state index contributed by atoms with van der Waals surface area (Å²) < 4.78 is 42.6. The van der Waals surface area contributed by atoms with E-state index in [1.165, 1.54) is 12.1 Å². The number of nitrogens with one attached hydrogen (secondary N) is 1. The fraction of sp³-hybridized carbons (Fsp3) is 0.385. The first-order valence-corrected chi connectivity index (χ1v) is 6.35. The van der Waals surface area contributed by atoms with Gasteiger partial charge in [-0.2, -0.15) is 13.2 Å². The summed E-state index contributed by atoms with van der Waals surface area (Å²) in [5, 5.41) is 3.85. The van der Waals surface area contributed by atoms with E-state index >= 15 is 0 Å². The van der Waals surface area contributed by atoms with Crippen molar-refractivity contribution in [2.24, 2.45) is 5.10 Å². The molecule has 1 N–H and O–H groups in total. The van der Waals surface area contributed by atoms with Crippen LogP contribution in [0.3, 0.4) is 0 Å². The fourth-order valence-electron chi connectivity index (χ4n) is 1.59. The third-order valence-electron chi connectivity index (χ3n) is 2.69. The predicted molar refractivity (Wildman–Crippen MR) is 70.7 cm³/mol. The molecule has 5 nitrogen and oxygen atoms in total. The second-order valence-electron chi connectivity index (χ2n) is 4.33. The number of alkyl halides is 3. The summed E-state index contributed by atoms with van der Waals surface area (Å²) in [4.78, 5) is 13.3. The summed E-state index contributed by atoms with van der Waals surface area (Å²) in [6, 6.07) is 4.59.